The van der Waals surface area contributed by atoms with Crippen LogP contribution in [0.2, 0.25) is 5.02 Å². The number of hydrogen-bond acceptors (Lipinski definition) is 6. The van der Waals surface area contributed by atoms with E-state index < -0.39 is 11.9 Å². The average molecular weight is 487 g/mol. The van der Waals surface area contributed by atoms with Gasteiger partial charge >= 0.3 is 5.97 Å². The number of thiazole rings is 1. The Morgan fingerprint density at radius 1 is 1.24 bits per heavy atom. The van der Waals surface area contributed by atoms with Crippen molar-refractivity contribution in [2.75, 3.05) is 11.9 Å². The van der Waals surface area contributed by atoms with Crippen molar-refractivity contribution in [3.05, 3.63) is 63.6 Å². The van der Waals surface area contributed by atoms with Gasteiger partial charge in [-0.25, -0.2) is 4.98 Å². The molecule has 1 aliphatic rings. The predicted octanol–water partition coefficient (Wildman–Crippen LogP) is 6.09. The number of nitrogens with one attached hydrogen (secondary N) is 1. The summed E-state index contributed by atoms with van der Waals surface area (Å²) >= 11 is 7.73. The van der Waals surface area contributed by atoms with Crippen LogP contribution in [0.15, 0.2) is 41.8 Å². The van der Waals surface area contributed by atoms with Crippen molar-refractivity contribution in [1.29, 1.82) is 0 Å². The first-order valence-corrected chi connectivity index (χ1v) is 11.6. The molecule has 0 bridgehead atoms. The van der Waals surface area contributed by atoms with E-state index in [1.807, 2.05) is 5.38 Å². The molecule has 2 N–H and O–H groups in total. The van der Waals surface area contributed by atoms with Gasteiger partial charge in [-0.3, -0.25) is 14.9 Å². The molecule has 1 aliphatic heterocycles. The number of hydrogen-bond donors (Lipinski definition) is 2. The summed E-state index contributed by atoms with van der Waals surface area (Å²) in [6.45, 7) is 6.51. The zero-order chi connectivity index (χ0) is 23.8. The number of benzene rings is 2. The molecule has 0 saturated heterocycles. The van der Waals surface area contributed by atoms with Gasteiger partial charge in [0, 0.05) is 28.0 Å². The number of carbonyl (C=O) groups is 2. The maximum Gasteiger partial charge on any atom is 0.311 e. The Labute approximate surface area is 200 Å². The van der Waals surface area contributed by atoms with Crippen molar-refractivity contribution in [3.63, 3.8) is 0 Å². The van der Waals surface area contributed by atoms with Crippen LogP contribution in [-0.2, 0) is 10.2 Å². The Morgan fingerprint density at radius 3 is 2.61 bits per heavy atom. The van der Waals surface area contributed by atoms with Crippen molar-refractivity contribution in [2.45, 2.75) is 38.5 Å². The van der Waals surface area contributed by atoms with Crippen molar-refractivity contribution in [3.8, 4) is 17.2 Å². The SMILES string of the molecule is CC(C)(C)c1csc(NC(=O)c2ccc(Oc3cc4c(cc3Cl)C(C(=O)O)CCO4)cc2)n1. The second kappa shape index (κ2) is 9.03. The Morgan fingerprint density at radius 2 is 1.97 bits per heavy atom. The molecule has 2 aromatic carbocycles. The molecule has 0 spiro atoms. The fourth-order valence-electron chi connectivity index (χ4n) is 3.37. The van der Waals surface area contributed by atoms with Gasteiger partial charge in [0.1, 0.15) is 17.2 Å². The minimum Gasteiger partial charge on any atom is -0.493 e. The number of fused-ring (bicyclic) bond motifs is 1. The Hall–Kier alpha value is -3.10. The number of carboxylic acids is 1. The third kappa shape index (κ3) is 5.12. The fraction of sp³-hybridized carbons (Fsp3) is 0.292. The highest BCUT2D eigenvalue weighted by molar-refractivity contribution is 7.14. The highest BCUT2D eigenvalue weighted by Gasteiger charge is 2.29. The minimum atomic E-state index is -0.912. The van der Waals surface area contributed by atoms with E-state index in [1.165, 1.54) is 11.3 Å². The summed E-state index contributed by atoms with van der Waals surface area (Å²) in [7, 11) is 0. The van der Waals surface area contributed by atoms with E-state index in [4.69, 9.17) is 21.1 Å². The highest BCUT2D eigenvalue weighted by Crippen LogP contribution is 2.41. The molecule has 7 nitrogen and oxygen atoms in total. The fourth-order valence-corrected chi connectivity index (χ4v) is 4.51. The lowest BCUT2D eigenvalue weighted by atomic mass is 9.93. The molecule has 9 heteroatoms. The Bertz CT molecular complexity index is 1200. The van der Waals surface area contributed by atoms with E-state index >= 15 is 0 Å². The lowest BCUT2D eigenvalue weighted by Crippen LogP contribution is -2.20. The molecule has 1 atom stereocenters. The zero-order valence-electron chi connectivity index (χ0n) is 18.3. The number of anilines is 1. The lowest BCUT2D eigenvalue weighted by molar-refractivity contribution is -0.139. The molecular formula is C24H23ClN2O5S. The zero-order valence-corrected chi connectivity index (χ0v) is 19.9. The van der Waals surface area contributed by atoms with Crippen LogP contribution in [0.3, 0.4) is 0 Å². The smallest absolute Gasteiger partial charge is 0.311 e. The van der Waals surface area contributed by atoms with Crippen LogP contribution in [0.4, 0.5) is 5.13 Å². The standard InChI is InChI=1S/C24H23ClN2O5S/c1-24(2,3)20-12-33-23(26-20)27-21(28)13-4-6-14(7-5-13)32-19-11-18-16(10-17(19)25)15(22(29)30)8-9-31-18/h4-7,10-12,15H,8-9H2,1-3H3,(H,29,30)(H,26,27,28). The average Bonchev–Trinajstić information content (AvgIpc) is 3.23. The summed E-state index contributed by atoms with van der Waals surface area (Å²) in [6.07, 6.45) is 0.390. The van der Waals surface area contributed by atoms with Crippen LogP contribution in [-0.4, -0.2) is 28.6 Å². The van der Waals surface area contributed by atoms with Crippen LogP contribution in [0.25, 0.3) is 0 Å². The molecule has 0 saturated carbocycles. The van der Waals surface area contributed by atoms with Crippen molar-refractivity contribution in [1.82, 2.24) is 4.98 Å². The highest BCUT2D eigenvalue weighted by atomic mass is 35.5. The summed E-state index contributed by atoms with van der Waals surface area (Å²) in [5, 5.41) is 15.0. The summed E-state index contributed by atoms with van der Waals surface area (Å²) in [6, 6.07) is 9.79. The van der Waals surface area contributed by atoms with Gasteiger partial charge in [0.15, 0.2) is 5.13 Å². The number of aromatic nitrogens is 1. The molecule has 172 valence electrons. The van der Waals surface area contributed by atoms with Crippen LogP contribution < -0.4 is 14.8 Å². The number of ether oxygens (including phenoxy) is 2. The number of rotatable bonds is 5. The third-order valence-electron chi connectivity index (χ3n) is 5.24. The molecule has 0 fully saturated rings. The van der Waals surface area contributed by atoms with Gasteiger partial charge in [-0.05, 0) is 36.8 Å². The van der Waals surface area contributed by atoms with E-state index in [9.17, 15) is 14.7 Å². The normalized spacial score (nSPS) is 15.3. The first-order chi connectivity index (χ1) is 15.6. The summed E-state index contributed by atoms with van der Waals surface area (Å²) < 4.78 is 11.5. The molecule has 33 heavy (non-hydrogen) atoms. The maximum absolute atomic E-state index is 12.6. The van der Waals surface area contributed by atoms with Crippen LogP contribution in [0.5, 0.6) is 17.2 Å². The van der Waals surface area contributed by atoms with Gasteiger partial charge in [-0.2, -0.15) is 0 Å². The number of carboxylic acid groups (broad SMARTS) is 1. The summed E-state index contributed by atoms with van der Waals surface area (Å²) in [5.41, 5.74) is 1.83. The first kappa shape index (κ1) is 23.1. The largest absolute Gasteiger partial charge is 0.493 e. The minimum absolute atomic E-state index is 0.0873. The van der Waals surface area contributed by atoms with Gasteiger partial charge in [0.05, 0.1) is 23.2 Å². The molecule has 1 amide bonds. The van der Waals surface area contributed by atoms with E-state index in [0.717, 1.165) is 5.69 Å². The molecular weight excluding hydrogens is 464 g/mol. The van der Waals surface area contributed by atoms with E-state index in [-0.39, 0.29) is 16.3 Å². The van der Waals surface area contributed by atoms with Gasteiger partial charge in [-0.15, -0.1) is 11.3 Å². The van der Waals surface area contributed by atoms with Gasteiger partial charge in [0.25, 0.3) is 5.91 Å². The molecule has 1 aromatic heterocycles. The number of halogens is 1. The third-order valence-corrected chi connectivity index (χ3v) is 6.29. The monoisotopic (exact) mass is 486 g/mol. The van der Waals surface area contributed by atoms with Crippen molar-refractivity contribution >= 4 is 39.9 Å². The molecule has 0 aliphatic carbocycles. The quantitative estimate of drug-likeness (QED) is 0.453. The molecule has 4 rings (SSSR count). The summed E-state index contributed by atoms with van der Waals surface area (Å²) in [5.74, 6) is -0.571. The Kier molecular flexibility index (Phi) is 6.32. The molecule has 0 radical (unpaired) electrons. The van der Waals surface area contributed by atoms with Crippen LogP contribution in [0.1, 0.15) is 54.7 Å². The van der Waals surface area contributed by atoms with Crippen LogP contribution >= 0.6 is 22.9 Å². The molecule has 1 unspecified atom stereocenters. The number of aliphatic carboxylic acids is 1. The number of amides is 1. The van der Waals surface area contributed by atoms with E-state index in [0.29, 0.717) is 46.5 Å². The molecule has 3 aromatic rings. The molecule has 2 heterocycles. The topological polar surface area (TPSA) is 97.8 Å². The predicted molar refractivity (Wildman–Crippen MR) is 127 cm³/mol. The number of carbonyl (C=O) groups excluding carboxylic acids is 1. The number of nitrogens with zero attached hydrogens (tertiary/aromatic N) is 1. The maximum atomic E-state index is 12.6. The second-order valence-corrected chi connectivity index (χ2v) is 9.98. The van der Waals surface area contributed by atoms with Crippen molar-refractivity contribution in [2.24, 2.45) is 0 Å². The van der Waals surface area contributed by atoms with E-state index in [2.05, 4.69) is 31.1 Å². The first-order valence-electron chi connectivity index (χ1n) is 10.4. The Balaban J connectivity index is 1.46. The second-order valence-electron chi connectivity index (χ2n) is 8.72. The van der Waals surface area contributed by atoms with Crippen LogP contribution in [0, 0.1) is 0 Å². The van der Waals surface area contributed by atoms with Gasteiger partial charge in [0.2, 0.25) is 0 Å². The lowest BCUT2D eigenvalue weighted by Gasteiger charge is -2.24. The van der Waals surface area contributed by atoms with Gasteiger partial charge in [-0.1, -0.05) is 32.4 Å². The van der Waals surface area contributed by atoms with E-state index in [1.54, 1.807) is 36.4 Å². The summed E-state index contributed by atoms with van der Waals surface area (Å²) in [4.78, 5) is 28.5. The van der Waals surface area contributed by atoms with Crippen molar-refractivity contribution < 1.29 is 24.2 Å². The van der Waals surface area contributed by atoms with Gasteiger partial charge < -0.3 is 14.6 Å².